The summed E-state index contributed by atoms with van der Waals surface area (Å²) in [5.74, 6) is -0.876. The van der Waals surface area contributed by atoms with Crippen LogP contribution < -0.4 is 51.4 Å². The van der Waals surface area contributed by atoms with E-state index in [-0.39, 0.29) is 70.6 Å². The molecule has 0 aliphatic rings. The van der Waals surface area contributed by atoms with Gasteiger partial charge in [0.15, 0.2) is 0 Å². The molecule has 3 N–H and O–H groups in total. The summed E-state index contributed by atoms with van der Waals surface area (Å²) in [5.41, 5.74) is 0. The van der Waals surface area contributed by atoms with Crippen molar-refractivity contribution in [1.82, 2.24) is 0 Å². The minimum absolute atomic E-state index is 0. The Balaban J connectivity index is 0. The van der Waals surface area contributed by atoms with Crippen molar-refractivity contribution in [1.29, 1.82) is 0 Å². The summed E-state index contributed by atoms with van der Waals surface area (Å²) in [5, 5.41) is 9.05. The average Bonchev–Trinajstić information content (AvgIpc) is 1.97. The molecule has 1 atom stereocenters. The molecule has 0 aromatic rings. The molecule has 1 unspecified atom stereocenters. The van der Waals surface area contributed by atoms with E-state index in [1.54, 1.807) is 0 Å². The van der Waals surface area contributed by atoms with Crippen molar-refractivity contribution >= 4 is 18.7 Å². The molecule has 0 saturated carbocycles. The minimum Gasteiger partial charge on any atom is -0.748 e. The first-order valence-corrected chi connectivity index (χ1v) is 8.92. The van der Waals surface area contributed by atoms with E-state index in [4.69, 9.17) is 19.4 Å². The summed E-state index contributed by atoms with van der Waals surface area (Å²) in [7, 11) is -7.50. The third-order valence-electron chi connectivity index (χ3n) is 1.65. The summed E-state index contributed by atoms with van der Waals surface area (Å²) in [6, 6.07) is 0.239. The molecule has 0 spiro atoms. The van der Waals surface area contributed by atoms with Crippen molar-refractivity contribution in [3.63, 3.8) is 0 Å². The Kier molecular flexibility index (Phi) is 11.7. The Hall–Kier alpha value is 1.60. The van der Waals surface area contributed by atoms with Gasteiger partial charge < -0.3 is 24.0 Å². The van der Waals surface area contributed by atoms with Gasteiger partial charge in [0.05, 0.1) is 28.6 Å². The summed E-state index contributed by atoms with van der Waals surface area (Å²) in [4.78, 5) is 18.1. The second-order valence-corrected chi connectivity index (χ2v) is 8.16. The maximum Gasteiger partial charge on any atom is 1.00 e. The molecule has 0 bridgehead atoms. The van der Waals surface area contributed by atoms with Gasteiger partial charge in [-0.15, -0.1) is 0 Å². The topological polar surface area (TPSA) is 127 Å². The van der Waals surface area contributed by atoms with Crippen molar-refractivity contribution in [2.45, 2.75) is 25.1 Å². The monoisotopic (exact) mass is 312 g/mol. The van der Waals surface area contributed by atoms with Crippen molar-refractivity contribution < 1.29 is 83.8 Å². The van der Waals surface area contributed by atoms with Crippen molar-refractivity contribution in [2.24, 2.45) is 0 Å². The molecular formula is C7H17KO7SSi. The Labute approximate surface area is 145 Å². The predicted molar refractivity (Wildman–Crippen MR) is 56.9 cm³/mol. The van der Waals surface area contributed by atoms with Crippen molar-refractivity contribution in [3.05, 3.63) is 0 Å². The fourth-order valence-corrected chi connectivity index (χ4v) is 2.39. The van der Waals surface area contributed by atoms with Gasteiger partial charge in [0, 0.05) is 6.61 Å². The van der Waals surface area contributed by atoms with Gasteiger partial charge in [-0.3, -0.25) is 0 Å². The van der Waals surface area contributed by atoms with Gasteiger partial charge in [-0.25, -0.2) is 8.42 Å². The summed E-state index contributed by atoms with van der Waals surface area (Å²) >= 11 is 0. The van der Waals surface area contributed by atoms with Crippen LogP contribution in [-0.2, 0) is 14.9 Å². The van der Waals surface area contributed by atoms with Gasteiger partial charge in [0.25, 0.3) is 0 Å². The SMILES string of the molecule is C[Si](O)(O)CCCOCC(O)CS(=O)(=O)[O-].[K+]. The largest absolute Gasteiger partial charge is 1.00 e. The first-order valence-electron chi connectivity index (χ1n) is 4.74. The molecule has 0 saturated heterocycles. The number of aliphatic hydroxyl groups is 1. The summed E-state index contributed by atoms with van der Waals surface area (Å²) in [6.45, 7) is 1.29. The van der Waals surface area contributed by atoms with Gasteiger partial charge in [-0.05, 0) is 19.0 Å². The minimum atomic E-state index is -4.44. The number of ether oxygens (including phenoxy) is 1. The smallest absolute Gasteiger partial charge is 0.748 e. The van der Waals surface area contributed by atoms with Crippen LogP contribution >= 0.6 is 0 Å². The Morgan fingerprint density at radius 1 is 1.41 bits per heavy atom. The zero-order valence-electron chi connectivity index (χ0n) is 10.00. The van der Waals surface area contributed by atoms with Crippen LogP contribution in [0.15, 0.2) is 0 Å². The maximum atomic E-state index is 10.2. The van der Waals surface area contributed by atoms with E-state index in [2.05, 4.69) is 0 Å². The van der Waals surface area contributed by atoms with E-state index < -0.39 is 30.5 Å². The quantitative estimate of drug-likeness (QED) is 0.234. The number of hydrogen-bond donors (Lipinski definition) is 3. The molecular weight excluding hydrogens is 295 g/mol. The molecule has 0 radical (unpaired) electrons. The molecule has 0 aliphatic carbocycles. The van der Waals surface area contributed by atoms with Crippen LogP contribution in [0.2, 0.25) is 12.6 Å². The van der Waals surface area contributed by atoms with Gasteiger partial charge in [-0.1, -0.05) is 0 Å². The zero-order chi connectivity index (χ0) is 12.8. The van der Waals surface area contributed by atoms with E-state index in [1.165, 1.54) is 6.55 Å². The molecule has 0 heterocycles. The number of hydrogen-bond acceptors (Lipinski definition) is 7. The third kappa shape index (κ3) is 17.6. The molecule has 17 heavy (non-hydrogen) atoms. The van der Waals surface area contributed by atoms with Gasteiger partial charge in [-0.2, -0.15) is 0 Å². The van der Waals surface area contributed by atoms with E-state index >= 15 is 0 Å². The molecule has 7 nitrogen and oxygen atoms in total. The van der Waals surface area contributed by atoms with Crippen LogP contribution in [-0.4, -0.2) is 61.3 Å². The fourth-order valence-electron chi connectivity index (χ4n) is 1.01. The van der Waals surface area contributed by atoms with Crippen molar-refractivity contribution in [2.75, 3.05) is 19.0 Å². The molecule has 0 aliphatic heterocycles. The van der Waals surface area contributed by atoms with Crippen LogP contribution in [0.1, 0.15) is 6.42 Å². The Morgan fingerprint density at radius 2 is 1.94 bits per heavy atom. The van der Waals surface area contributed by atoms with Gasteiger partial charge in [0.2, 0.25) is 0 Å². The summed E-state index contributed by atoms with van der Waals surface area (Å²) in [6.07, 6.45) is -0.929. The van der Waals surface area contributed by atoms with E-state index in [1.807, 2.05) is 0 Å². The molecule has 98 valence electrons. The average molecular weight is 312 g/mol. The van der Waals surface area contributed by atoms with E-state index in [0.717, 1.165) is 0 Å². The first kappa shape index (κ1) is 20.9. The Morgan fingerprint density at radius 3 is 2.35 bits per heavy atom. The normalized spacial score (nSPS) is 14.2. The second-order valence-electron chi connectivity index (χ2n) is 3.77. The maximum absolute atomic E-state index is 10.2. The molecule has 0 aromatic carbocycles. The Bertz CT molecular complexity index is 289. The number of aliphatic hydroxyl groups excluding tert-OH is 1. The van der Waals surface area contributed by atoms with Crippen LogP contribution in [0, 0.1) is 0 Å². The first-order chi connectivity index (χ1) is 7.10. The van der Waals surface area contributed by atoms with Crippen LogP contribution in [0.4, 0.5) is 0 Å². The summed E-state index contributed by atoms with van der Waals surface area (Å²) < 4.78 is 35.6. The zero-order valence-corrected chi connectivity index (χ0v) is 14.9. The fraction of sp³-hybridized carbons (Fsp3) is 1.00. The van der Waals surface area contributed by atoms with Crippen LogP contribution in [0.25, 0.3) is 0 Å². The van der Waals surface area contributed by atoms with Crippen LogP contribution in [0.3, 0.4) is 0 Å². The van der Waals surface area contributed by atoms with E-state index in [9.17, 15) is 13.0 Å². The van der Waals surface area contributed by atoms with Gasteiger partial charge in [0.1, 0.15) is 0 Å². The predicted octanol–water partition coefficient (Wildman–Crippen LogP) is -4.64. The van der Waals surface area contributed by atoms with Crippen molar-refractivity contribution in [3.8, 4) is 0 Å². The third-order valence-corrected chi connectivity index (χ3v) is 3.74. The van der Waals surface area contributed by atoms with Gasteiger partial charge >= 0.3 is 59.9 Å². The molecule has 0 rings (SSSR count). The number of rotatable bonds is 8. The second kappa shape index (κ2) is 9.50. The molecule has 0 amide bonds. The standard InChI is InChI=1S/C7H18O7SSi.K/c1-16(12,13)4-2-3-14-5-7(8)6-15(9,10)11;/h7-8,12-13H,2-6H2,1H3,(H,9,10,11);/q;+1/p-1. The molecule has 10 heteroatoms. The van der Waals surface area contributed by atoms with E-state index in [0.29, 0.717) is 6.42 Å². The molecule has 0 aromatic heterocycles. The molecule has 0 fully saturated rings. The van der Waals surface area contributed by atoms with Crippen LogP contribution in [0.5, 0.6) is 0 Å².